The number of nitrogens with zero attached hydrogens (tertiary/aromatic N) is 2. The van der Waals surface area contributed by atoms with E-state index in [-0.39, 0.29) is 48.6 Å². The lowest BCUT2D eigenvalue weighted by atomic mass is 9.64. The maximum atomic E-state index is 15.2. The number of carbonyl (C=O) groups is 2. The average molecular weight is 431 g/mol. The molecule has 31 heavy (non-hydrogen) atoms. The molecule has 1 aromatic rings. The molecular weight excluding hydrogens is 398 g/mol. The number of piperidine rings is 1. The molecule has 2 atom stereocenters. The summed E-state index contributed by atoms with van der Waals surface area (Å²) < 4.78 is 30.4. The van der Waals surface area contributed by atoms with Crippen LogP contribution in [0.4, 0.5) is 8.78 Å². The number of likely N-dealkylation sites (tertiary alicyclic amines) is 2. The van der Waals surface area contributed by atoms with Gasteiger partial charge in [-0.05, 0) is 48.7 Å². The summed E-state index contributed by atoms with van der Waals surface area (Å²) >= 11 is 0. The van der Waals surface area contributed by atoms with Gasteiger partial charge < -0.3 is 9.80 Å². The monoisotopic (exact) mass is 430 g/mol. The summed E-state index contributed by atoms with van der Waals surface area (Å²) in [5.74, 6) is -3.67. The van der Waals surface area contributed by atoms with Crippen molar-refractivity contribution in [3.8, 4) is 0 Å². The van der Waals surface area contributed by atoms with Crippen molar-refractivity contribution in [3.05, 3.63) is 48.6 Å². The minimum Gasteiger partial charge on any atom is -0.337 e. The summed E-state index contributed by atoms with van der Waals surface area (Å²) in [7, 11) is 0. The highest BCUT2D eigenvalue weighted by Gasteiger charge is 2.64. The number of amides is 2. The summed E-state index contributed by atoms with van der Waals surface area (Å²) in [4.78, 5) is 28.0. The van der Waals surface area contributed by atoms with Gasteiger partial charge in [0.25, 0.3) is 5.92 Å². The molecule has 168 valence electrons. The molecule has 1 saturated carbocycles. The molecule has 1 aliphatic carbocycles. The Bertz CT molecular complexity index is 862. The molecular formula is C25H32F2N2O2. The van der Waals surface area contributed by atoms with Crippen LogP contribution in [0.2, 0.25) is 0 Å². The molecule has 0 N–H and O–H groups in total. The van der Waals surface area contributed by atoms with Crippen molar-refractivity contribution in [3.63, 3.8) is 0 Å². The molecule has 2 saturated heterocycles. The number of carbonyl (C=O) groups excluding carboxylic acids is 2. The van der Waals surface area contributed by atoms with Crippen LogP contribution in [0.3, 0.4) is 0 Å². The van der Waals surface area contributed by atoms with E-state index in [9.17, 15) is 9.59 Å². The predicted octanol–water partition coefficient (Wildman–Crippen LogP) is 4.48. The lowest BCUT2D eigenvalue weighted by Crippen LogP contribution is -2.71. The Kier molecular flexibility index (Phi) is 5.47. The highest BCUT2D eigenvalue weighted by Crippen LogP contribution is 2.52. The number of hydrogen-bond acceptors (Lipinski definition) is 2. The minimum atomic E-state index is -3.00. The van der Waals surface area contributed by atoms with Crippen LogP contribution in [0.5, 0.6) is 0 Å². The summed E-state index contributed by atoms with van der Waals surface area (Å²) in [6.45, 7) is 7.72. The van der Waals surface area contributed by atoms with Crippen LogP contribution in [0.25, 0.3) is 0 Å². The van der Waals surface area contributed by atoms with Gasteiger partial charge >= 0.3 is 0 Å². The van der Waals surface area contributed by atoms with Crippen LogP contribution < -0.4 is 0 Å². The maximum absolute atomic E-state index is 15.2. The fraction of sp³-hybridized carbons (Fsp3) is 0.600. The Balaban J connectivity index is 1.49. The number of alkyl halides is 2. The van der Waals surface area contributed by atoms with Crippen molar-refractivity contribution in [2.24, 2.45) is 16.7 Å². The molecule has 4 rings (SSSR count). The van der Waals surface area contributed by atoms with E-state index in [1.807, 2.05) is 30.3 Å². The van der Waals surface area contributed by atoms with Crippen LogP contribution in [0.1, 0.15) is 51.0 Å². The van der Waals surface area contributed by atoms with E-state index in [1.165, 1.54) is 9.80 Å². The Hall–Kier alpha value is -2.24. The largest absolute Gasteiger partial charge is 0.337 e. The van der Waals surface area contributed by atoms with Crippen LogP contribution in [0, 0.1) is 16.7 Å². The molecule has 0 radical (unpaired) electrons. The van der Waals surface area contributed by atoms with E-state index in [2.05, 4.69) is 20.4 Å². The first kappa shape index (κ1) is 22.0. The van der Waals surface area contributed by atoms with Crippen molar-refractivity contribution in [2.75, 3.05) is 26.2 Å². The van der Waals surface area contributed by atoms with Crippen LogP contribution in [-0.4, -0.2) is 53.7 Å². The molecule has 0 bridgehead atoms. The number of hydrogen-bond donors (Lipinski definition) is 0. The van der Waals surface area contributed by atoms with Gasteiger partial charge in [-0.2, -0.15) is 0 Å². The SMILES string of the molecule is C=CC(=O)N1CC2(CCN(C(=O)[C@H]3CCC(C)(C)C[C@@H]3c3ccccc3)CC2(F)F)C1. The van der Waals surface area contributed by atoms with E-state index < -0.39 is 17.9 Å². The van der Waals surface area contributed by atoms with Gasteiger partial charge in [0.05, 0.1) is 12.0 Å². The third-order valence-electron chi connectivity index (χ3n) is 7.75. The third kappa shape index (κ3) is 3.90. The van der Waals surface area contributed by atoms with Crippen LogP contribution in [-0.2, 0) is 9.59 Å². The van der Waals surface area contributed by atoms with Crippen molar-refractivity contribution in [2.45, 2.75) is 51.4 Å². The predicted molar refractivity (Wildman–Crippen MR) is 116 cm³/mol. The second kappa shape index (κ2) is 7.72. The summed E-state index contributed by atoms with van der Waals surface area (Å²) in [6.07, 6.45) is 3.90. The normalized spacial score (nSPS) is 28.6. The lowest BCUT2D eigenvalue weighted by molar-refractivity contribution is -0.223. The second-order valence-corrected chi connectivity index (χ2v) is 10.4. The van der Waals surface area contributed by atoms with Gasteiger partial charge in [-0.25, -0.2) is 8.78 Å². The van der Waals surface area contributed by atoms with Crippen molar-refractivity contribution in [1.82, 2.24) is 9.80 Å². The quantitative estimate of drug-likeness (QED) is 0.664. The molecule has 2 heterocycles. The Labute approximate surface area is 183 Å². The smallest absolute Gasteiger partial charge is 0.274 e. The zero-order chi connectivity index (χ0) is 22.4. The molecule has 3 aliphatic rings. The van der Waals surface area contributed by atoms with Gasteiger partial charge in [-0.15, -0.1) is 0 Å². The molecule has 4 nitrogen and oxygen atoms in total. The third-order valence-corrected chi connectivity index (χ3v) is 7.75. The second-order valence-electron chi connectivity index (χ2n) is 10.4. The Morgan fingerprint density at radius 2 is 1.74 bits per heavy atom. The first-order valence-corrected chi connectivity index (χ1v) is 11.2. The average Bonchev–Trinajstić information content (AvgIpc) is 2.70. The minimum absolute atomic E-state index is 0.0388. The first-order valence-electron chi connectivity index (χ1n) is 11.2. The topological polar surface area (TPSA) is 40.6 Å². The van der Waals surface area contributed by atoms with E-state index in [1.54, 1.807) is 0 Å². The number of benzene rings is 1. The van der Waals surface area contributed by atoms with E-state index in [0.717, 1.165) is 30.9 Å². The molecule has 2 amide bonds. The molecule has 0 unspecified atom stereocenters. The van der Waals surface area contributed by atoms with E-state index in [0.29, 0.717) is 6.54 Å². The summed E-state index contributed by atoms with van der Waals surface area (Å²) in [5.41, 5.74) is 0.0299. The van der Waals surface area contributed by atoms with Gasteiger partial charge in [0, 0.05) is 25.6 Å². The highest BCUT2D eigenvalue weighted by molar-refractivity contribution is 5.88. The molecule has 1 spiro atoms. The van der Waals surface area contributed by atoms with Gasteiger partial charge in [0.1, 0.15) is 0 Å². The molecule has 0 aromatic heterocycles. The van der Waals surface area contributed by atoms with Gasteiger partial charge in [-0.1, -0.05) is 50.8 Å². The zero-order valence-electron chi connectivity index (χ0n) is 18.4. The van der Waals surface area contributed by atoms with E-state index in [4.69, 9.17) is 0 Å². The Morgan fingerprint density at radius 3 is 2.35 bits per heavy atom. The van der Waals surface area contributed by atoms with E-state index >= 15 is 8.78 Å². The standard InChI is InChI=1S/C25H32F2N2O2/c1-4-21(30)29-15-24(16-29)12-13-28(17-25(24,26)27)22(31)19-10-11-23(2,3)14-20(19)18-8-6-5-7-9-18/h4-9,19-20H,1,10-17H2,2-3H3/t19-,20+/m0/s1. The van der Waals surface area contributed by atoms with Crippen molar-refractivity contribution in [1.29, 1.82) is 0 Å². The van der Waals surface area contributed by atoms with Crippen molar-refractivity contribution < 1.29 is 18.4 Å². The molecule has 1 aromatic carbocycles. The van der Waals surface area contributed by atoms with Crippen LogP contribution >= 0.6 is 0 Å². The number of halogens is 2. The van der Waals surface area contributed by atoms with Crippen molar-refractivity contribution >= 4 is 11.8 Å². The van der Waals surface area contributed by atoms with Crippen LogP contribution in [0.15, 0.2) is 43.0 Å². The summed E-state index contributed by atoms with van der Waals surface area (Å²) in [6, 6.07) is 10.0. The number of rotatable bonds is 3. The first-order chi connectivity index (χ1) is 14.6. The fourth-order valence-corrected chi connectivity index (χ4v) is 5.73. The highest BCUT2D eigenvalue weighted by atomic mass is 19.3. The Morgan fingerprint density at radius 1 is 1.06 bits per heavy atom. The van der Waals surface area contributed by atoms with Gasteiger partial charge in [0.2, 0.25) is 11.8 Å². The lowest BCUT2D eigenvalue weighted by Gasteiger charge is -2.57. The molecule has 3 fully saturated rings. The zero-order valence-corrected chi connectivity index (χ0v) is 18.4. The fourth-order valence-electron chi connectivity index (χ4n) is 5.73. The van der Waals surface area contributed by atoms with Gasteiger partial charge in [0.15, 0.2) is 0 Å². The summed E-state index contributed by atoms with van der Waals surface area (Å²) in [5, 5.41) is 0. The molecule has 6 heteroatoms. The van der Waals surface area contributed by atoms with Gasteiger partial charge in [-0.3, -0.25) is 9.59 Å². The molecule has 2 aliphatic heterocycles. The maximum Gasteiger partial charge on any atom is 0.274 e.